The Morgan fingerprint density at radius 1 is 1.48 bits per heavy atom. The Morgan fingerprint density at radius 3 is 2.62 bits per heavy atom. The van der Waals surface area contributed by atoms with E-state index in [1.165, 1.54) is 26.2 Å². The number of hydrogen-bond donors (Lipinski definition) is 3. The van der Waals surface area contributed by atoms with Crippen LogP contribution in [0.15, 0.2) is 27.6 Å². The maximum atomic E-state index is 12.2. The van der Waals surface area contributed by atoms with Crippen LogP contribution in [-0.4, -0.2) is 43.9 Å². The number of aliphatic carboxylic acids is 1. The lowest BCUT2D eigenvalue weighted by molar-refractivity contribution is -0.141. The fraction of sp³-hybridized carbons (Fsp3) is 0.417. The number of methoxy groups -OCH3 is 1. The third kappa shape index (κ3) is 5.27. The highest BCUT2D eigenvalue weighted by atomic mass is 79.9. The number of ether oxygens (including phenoxy) is 1. The van der Waals surface area contributed by atoms with Crippen molar-refractivity contribution in [2.75, 3.05) is 13.7 Å². The summed E-state index contributed by atoms with van der Waals surface area (Å²) in [6.07, 6.45) is -0.578. The van der Waals surface area contributed by atoms with E-state index in [1.54, 1.807) is 6.07 Å². The van der Waals surface area contributed by atoms with Gasteiger partial charge in [-0.3, -0.25) is 4.79 Å². The molecule has 118 valence electrons. The number of aliphatic hydroxyl groups is 1. The van der Waals surface area contributed by atoms with E-state index in [9.17, 15) is 18.3 Å². The van der Waals surface area contributed by atoms with Crippen molar-refractivity contribution < 1.29 is 28.2 Å². The van der Waals surface area contributed by atoms with Gasteiger partial charge in [-0.05, 0) is 25.1 Å². The lowest BCUT2D eigenvalue weighted by Crippen LogP contribution is -2.42. The van der Waals surface area contributed by atoms with Crippen molar-refractivity contribution in [2.24, 2.45) is 0 Å². The third-order valence-electron chi connectivity index (χ3n) is 2.59. The van der Waals surface area contributed by atoms with E-state index in [2.05, 4.69) is 20.7 Å². The van der Waals surface area contributed by atoms with Gasteiger partial charge in [0.05, 0.1) is 19.1 Å². The number of hydrogen-bond acceptors (Lipinski definition) is 5. The molecule has 0 radical (unpaired) electrons. The molecule has 0 saturated heterocycles. The lowest BCUT2D eigenvalue weighted by atomic mass is 10.0. The molecule has 0 saturated carbocycles. The van der Waals surface area contributed by atoms with Crippen molar-refractivity contribution in [3.05, 3.63) is 22.7 Å². The highest BCUT2D eigenvalue weighted by Gasteiger charge is 2.28. The first kappa shape index (κ1) is 17.9. The summed E-state index contributed by atoms with van der Waals surface area (Å²) in [5, 5.41) is 18.5. The molecule has 1 aromatic rings. The van der Waals surface area contributed by atoms with Gasteiger partial charge in [0.1, 0.15) is 10.6 Å². The molecule has 1 atom stereocenters. The average Bonchev–Trinajstić information content (AvgIpc) is 2.35. The Balaban J connectivity index is 2.97. The first-order chi connectivity index (χ1) is 9.57. The van der Waals surface area contributed by atoms with Gasteiger partial charge in [0.2, 0.25) is 10.0 Å². The number of nitrogens with one attached hydrogen (secondary N) is 1. The normalized spacial score (nSPS) is 14.5. The molecule has 0 bridgehead atoms. The minimum Gasteiger partial charge on any atom is -0.495 e. The summed E-state index contributed by atoms with van der Waals surface area (Å²) < 4.78 is 32.2. The zero-order valence-corrected chi connectivity index (χ0v) is 13.9. The summed E-state index contributed by atoms with van der Waals surface area (Å²) in [7, 11) is -2.62. The number of carbonyl (C=O) groups is 1. The Labute approximate surface area is 131 Å². The fourth-order valence-electron chi connectivity index (χ4n) is 1.58. The van der Waals surface area contributed by atoms with Gasteiger partial charge in [-0.1, -0.05) is 15.9 Å². The van der Waals surface area contributed by atoms with Crippen LogP contribution in [0.4, 0.5) is 0 Å². The van der Waals surface area contributed by atoms with Gasteiger partial charge < -0.3 is 14.9 Å². The van der Waals surface area contributed by atoms with Crippen LogP contribution in [0.25, 0.3) is 0 Å². The number of sulfonamides is 1. The SMILES string of the molecule is COc1ccc(Br)cc1S(=O)(=O)NCC(C)(O)CC(=O)O. The highest BCUT2D eigenvalue weighted by molar-refractivity contribution is 9.10. The molecule has 9 heteroatoms. The Hall–Kier alpha value is -1.16. The Morgan fingerprint density at radius 2 is 2.10 bits per heavy atom. The van der Waals surface area contributed by atoms with Gasteiger partial charge in [-0.25, -0.2) is 13.1 Å². The smallest absolute Gasteiger partial charge is 0.306 e. The zero-order valence-electron chi connectivity index (χ0n) is 11.5. The largest absolute Gasteiger partial charge is 0.495 e. The first-order valence-corrected chi connectivity index (χ1v) is 8.12. The van der Waals surface area contributed by atoms with Gasteiger partial charge in [0.15, 0.2) is 0 Å². The maximum Gasteiger partial charge on any atom is 0.306 e. The maximum absolute atomic E-state index is 12.2. The fourth-order valence-corrected chi connectivity index (χ4v) is 3.44. The second-order valence-electron chi connectivity index (χ2n) is 4.69. The van der Waals surface area contributed by atoms with E-state index in [0.29, 0.717) is 4.47 Å². The molecule has 0 aromatic heterocycles. The molecule has 0 aliphatic heterocycles. The molecule has 0 aliphatic carbocycles. The van der Waals surface area contributed by atoms with Crippen molar-refractivity contribution >= 4 is 31.9 Å². The quantitative estimate of drug-likeness (QED) is 0.648. The minimum atomic E-state index is -3.95. The monoisotopic (exact) mass is 381 g/mol. The predicted molar refractivity (Wildman–Crippen MR) is 78.8 cm³/mol. The number of benzene rings is 1. The number of carboxylic acid groups (broad SMARTS) is 1. The first-order valence-electron chi connectivity index (χ1n) is 5.85. The van der Waals surface area contributed by atoms with Crippen molar-refractivity contribution in [2.45, 2.75) is 23.8 Å². The van der Waals surface area contributed by atoms with Crippen LogP contribution in [0.3, 0.4) is 0 Å². The van der Waals surface area contributed by atoms with Gasteiger partial charge in [-0.2, -0.15) is 0 Å². The number of carboxylic acids is 1. The molecule has 21 heavy (non-hydrogen) atoms. The predicted octanol–water partition coefficient (Wildman–Crippen LogP) is 0.962. The van der Waals surface area contributed by atoms with Crippen molar-refractivity contribution in [3.63, 3.8) is 0 Å². The zero-order chi connectivity index (χ0) is 16.3. The van der Waals surface area contributed by atoms with Crippen LogP contribution >= 0.6 is 15.9 Å². The minimum absolute atomic E-state index is 0.106. The summed E-state index contributed by atoms with van der Waals surface area (Å²) >= 11 is 3.17. The number of halogens is 1. The molecule has 1 rings (SSSR count). The molecular weight excluding hydrogens is 366 g/mol. The number of rotatable bonds is 7. The Kier molecular flexibility index (Phi) is 5.74. The van der Waals surface area contributed by atoms with E-state index >= 15 is 0 Å². The third-order valence-corrected chi connectivity index (χ3v) is 4.51. The summed E-state index contributed by atoms with van der Waals surface area (Å²) in [5.74, 6) is -1.08. The van der Waals surface area contributed by atoms with Crippen LogP contribution in [0.2, 0.25) is 0 Å². The van der Waals surface area contributed by atoms with Gasteiger partial charge in [-0.15, -0.1) is 0 Å². The molecular formula is C12H16BrNO6S. The lowest BCUT2D eigenvalue weighted by Gasteiger charge is -2.21. The molecule has 0 spiro atoms. The van der Waals surface area contributed by atoms with Crippen LogP contribution in [-0.2, 0) is 14.8 Å². The Bertz CT molecular complexity index is 629. The van der Waals surface area contributed by atoms with E-state index in [0.717, 1.165) is 0 Å². The van der Waals surface area contributed by atoms with E-state index in [1.807, 2.05) is 0 Å². The van der Waals surface area contributed by atoms with Crippen LogP contribution in [0.5, 0.6) is 5.75 Å². The van der Waals surface area contributed by atoms with E-state index in [-0.39, 0.29) is 10.6 Å². The molecule has 0 aliphatic rings. The van der Waals surface area contributed by atoms with Gasteiger partial charge >= 0.3 is 5.97 Å². The van der Waals surface area contributed by atoms with E-state index in [4.69, 9.17) is 9.84 Å². The topological polar surface area (TPSA) is 113 Å². The van der Waals surface area contributed by atoms with Crippen molar-refractivity contribution in [1.82, 2.24) is 4.72 Å². The molecule has 3 N–H and O–H groups in total. The molecule has 1 unspecified atom stereocenters. The molecule has 0 heterocycles. The summed E-state index contributed by atoms with van der Waals surface area (Å²) in [5.41, 5.74) is -1.70. The summed E-state index contributed by atoms with van der Waals surface area (Å²) in [4.78, 5) is 10.5. The van der Waals surface area contributed by atoms with E-state index < -0.39 is 34.6 Å². The average molecular weight is 382 g/mol. The van der Waals surface area contributed by atoms with Crippen LogP contribution in [0.1, 0.15) is 13.3 Å². The van der Waals surface area contributed by atoms with Crippen LogP contribution < -0.4 is 9.46 Å². The summed E-state index contributed by atoms with van der Waals surface area (Å²) in [6.45, 7) is 0.805. The second kappa shape index (κ2) is 6.73. The summed E-state index contributed by atoms with van der Waals surface area (Å²) in [6, 6.07) is 4.46. The highest BCUT2D eigenvalue weighted by Crippen LogP contribution is 2.27. The van der Waals surface area contributed by atoms with Crippen molar-refractivity contribution in [1.29, 1.82) is 0 Å². The van der Waals surface area contributed by atoms with Gasteiger partial charge in [0, 0.05) is 11.0 Å². The molecule has 1 aromatic carbocycles. The van der Waals surface area contributed by atoms with Crippen molar-refractivity contribution in [3.8, 4) is 5.75 Å². The molecule has 0 amide bonds. The molecule has 0 fully saturated rings. The molecule has 7 nitrogen and oxygen atoms in total. The van der Waals surface area contributed by atoms with Crippen LogP contribution in [0, 0.1) is 0 Å². The standard InChI is InChI=1S/C12H16BrNO6S/c1-12(17,6-11(15)16)7-14-21(18,19)10-5-8(13)3-4-9(10)20-2/h3-5,14,17H,6-7H2,1-2H3,(H,15,16). The van der Waals surface area contributed by atoms with Gasteiger partial charge in [0.25, 0.3) is 0 Å². The second-order valence-corrected chi connectivity index (χ2v) is 7.34.